The van der Waals surface area contributed by atoms with Crippen LogP contribution in [-0.4, -0.2) is 18.1 Å². The molecule has 0 atom stereocenters. The van der Waals surface area contributed by atoms with Crippen molar-refractivity contribution in [3.05, 3.63) is 51.9 Å². The van der Waals surface area contributed by atoms with E-state index in [1.807, 2.05) is 17.4 Å². The summed E-state index contributed by atoms with van der Waals surface area (Å²) in [6, 6.07) is 6.94. The third-order valence-electron chi connectivity index (χ3n) is 4.27. The summed E-state index contributed by atoms with van der Waals surface area (Å²) in [5.74, 6) is 0. The van der Waals surface area contributed by atoms with E-state index < -0.39 is 0 Å². The van der Waals surface area contributed by atoms with Crippen LogP contribution in [-0.2, 0) is 19.3 Å². The normalized spacial score (nSPS) is 13.9. The average Bonchev–Trinajstić information content (AvgIpc) is 2.92. The standard InChI is InChI=1S/C19H24N2S/c1-3-11-20-12-10-18-21-19(14(2)22-18)17-9-8-15-6-4-5-7-16(15)13-17/h3,8-9,13,20H,1,4-7,10-12H2,2H3. The Balaban J connectivity index is 1.76. The Morgan fingerprint density at radius 1 is 1.27 bits per heavy atom. The summed E-state index contributed by atoms with van der Waals surface area (Å²) in [5, 5.41) is 4.57. The number of hydrogen-bond donors (Lipinski definition) is 1. The molecule has 0 spiro atoms. The van der Waals surface area contributed by atoms with Crippen molar-refractivity contribution in [2.75, 3.05) is 13.1 Å². The van der Waals surface area contributed by atoms with E-state index in [1.165, 1.54) is 58.0 Å². The molecule has 2 aromatic rings. The molecule has 22 heavy (non-hydrogen) atoms. The number of aryl methyl sites for hydroxylation is 3. The van der Waals surface area contributed by atoms with Gasteiger partial charge in [-0.3, -0.25) is 0 Å². The fourth-order valence-corrected chi connectivity index (χ4v) is 4.06. The van der Waals surface area contributed by atoms with Crippen molar-refractivity contribution >= 4 is 11.3 Å². The Morgan fingerprint density at radius 3 is 2.91 bits per heavy atom. The topological polar surface area (TPSA) is 24.9 Å². The van der Waals surface area contributed by atoms with Gasteiger partial charge in [0.25, 0.3) is 0 Å². The first-order valence-electron chi connectivity index (χ1n) is 8.18. The molecule has 0 bridgehead atoms. The average molecular weight is 312 g/mol. The molecule has 1 heterocycles. The number of thiazole rings is 1. The van der Waals surface area contributed by atoms with Crippen molar-refractivity contribution in [1.29, 1.82) is 0 Å². The molecule has 1 N–H and O–H groups in total. The van der Waals surface area contributed by atoms with Crippen molar-refractivity contribution in [3.8, 4) is 11.3 Å². The lowest BCUT2D eigenvalue weighted by Crippen LogP contribution is -2.16. The quantitative estimate of drug-likeness (QED) is 0.635. The Hall–Kier alpha value is -1.45. The van der Waals surface area contributed by atoms with Crippen LogP contribution in [0.15, 0.2) is 30.9 Å². The van der Waals surface area contributed by atoms with Gasteiger partial charge in [-0.25, -0.2) is 4.98 Å². The van der Waals surface area contributed by atoms with Crippen molar-refractivity contribution in [3.63, 3.8) is 0 Å². The van der Waals surface area contributed by atoms with E-state index in [2.05, 4.69) is 37.0 Å². The molecule has 0 amide bonds. The van der Waals surface area contributed by atoms with E-state index in [9.17, 15) is 0 Å². The van der Waals surface area contributed by atoms with Crippen molar-refractivity contribution in [2.45, 2.75) is 39.0 Å². The molecule has 1 aromatic carbocycles. The van der Waals surface area contributed by atoms with Gasteiger partial charge in [0, 0.05) is 30.0 Å². The van der Waals surface area contributed by atoms with Gasteiger partial charge in [0.05, 0.1) is 10.7 Å². The van der Waals surface area contributed by atoms with Crippen LogP contribution in [0.4, 0.5) is 0 Å². The first kappa shape index (κ1) is 15.4. The van der Waals surface area contributed by atoms with E-state index in [0.717, 1.165) is 19.5 Å². The van der Waals surface area contributed by atoms with Crippen LogP contribution in [0.1, 0.15) is 33.9 Å². The second kappa shape index (κ2) is 7.21. The van der Waals surface area contributed by atoms with Crippen molar-refractivity contribution in [2.24, 2.45) is 0 Å². The minimum Gasteiger partial charge on any atom is -0.313 e. The van der Waals surface area contributed by atoms with Crippen LogP contribution in [0.5, 0.6) is 0 Å². The van der Waals surface area contributed by atoms with Crippen molar-refractivity contribution in [1.82, 2.24) is 10.3 Å². The van der Waals surface area contributed by atoms with E-state index >= 15 is 0 Å². The van der Waals surface area contributed by atoms with Gasteiger partial charge in [-0.05, 0) is 49.8 Å². The van der Waals surface area contributed by atoms with Crippen molar-refractivity contribution < 1.29 is 0 Å². The lowest BCUT2D eigenvalue weighted by molar-refractivity contribution is 0.686. The molecule has 1 aliphatic carbocycles. The molecule has 0 fully saturated rings. The van der Waals surface area contributed by atoms with Gasteiger partial charge in [-0.15, -0.1) is 17.9 Å². The van der Waals surface area contributed by atoms with E-state index in [0.29, 0.717) is 0 Å². The molecule has 0 unspecified atom stereocenters. The van der Waals surface area contributed by atoms with Gasteiger partial charge in [-0.1, -0.05) is 18.2 Å². The second-order valence-electron chi connectivity index (χ2n) is 5.95. The molecule has 2 nitrogen and oxygen atoms in total. The first-order chi connectivity index (χ1) is 10.8. The Labute approximate surface area is 137 Å². The summed E-state index contributed by atoms with van der Waals surface area (Å²) in [5.41, 5.74) is 5.54. The highest BCUT2D eigenvalue weighted by Gasteiger charge is 2.14. The summed E-state index contributed by atoms with van der Waals surface area (Å²) in [6.07, 6.45) is 8.02. The molecule has 3 rings (SSSR count). The van der Waals surface area contributed by atoms with Crippen LogP contribution in [0.25, 0.3) is 11.3 Å². The van der Waals surface area contributed by atoms with Gasteiger partial charge in [0.2, 0.25) is 0 Å². The lowest BCUT2D eigenvalue weighted by atomic mass is 9.90. The maximum atomic E-state index is 4.88. The van der Waals surface area contributed by atoms with Crippen LogP contribution in [0.2, 0.25) is 0 Å². The van der Waals surface area contributed by atoms with Crippen LogP contribution >= 0.6 is 11.3 Å². The van der Waals surface area contributed by atoms with Gasteiger partial charge in [-0.2, -0.15) is 0 Å². The van der Waals surface area contributed by atoms with E-state index in [-0.39, 0.29) is 0 Å². The predicted octanol–water partition coefficient (Wildman–Crippen LogP) is 4.32. The molecule has 3 heteroatoms. The molecule has 1 aliphatic rings. The van der Waals surface area contributed by atoms with Gasteiger partial charge >= 0.3 is 0 Å². The number of rotatable bonds is 6. The highest BCUT2D eigenvalue weighted by molar-refractivity contribution is 7.12. The van der Waals surface area contributed by atoms with Crippen LogP contribution < -0.4 is 5.32 Å². The summed E-state index contributed by atoms with van der Waals surface area (Å²) >= 11 is 1.83. The largest absolute Gasteiger partial charge is 0.313 e. The monoisotopic (exact) mass is 312 g/mol. The van der Waals surface area contributed by atoms with Gasteiger partial charge < -0.3 is 5.32 Å². The zero-order chi connectivity index (χ0) is 15.4. The highest BCUT2D eigenvalue weighted by Crippen LogP contribution is 2.31. The Bertz CT molecular complexity index is 657. The van der Waals surface area contributed by atoms with E-state index in [1.54, 1.807) is 0 Å². The molecule has 1 aromatic heterocycles. The highest BCUT2D eigenvalue weighted by atomic mass is 32.1. The maximum Gasteiger partial charge on any atom is 0.0948 e. The molecule has 116 valence electrons. The van der Waals surface area contributed by atoms with Crippen LogP contribution in [0, 0.1) is 6.92 Å². The molecule has 0 saturated carbocycles. The fourth-order valence-electron chi connectivity index (χ4n) is 3.11. The SMILES string of the molecule is C=CCNCCc1nc(-c2ccc3c(c2)CCCC3)c(C)s1. The number of nitrogens with zero attached hydrogens (tertiary/aromatic N) is 1. The minimum absolute atomic E-state index is 0.863. The Kier molecular flexibility index (Phi) is 5.06. The van der Waals surface area contributed by atoms with E-state index in [4.69, 9.17) is 4.98 Å². The van der Waals surface area contributed by atoms with Gasteiger partial charge in [0.15, 0.2) is 0 Å². The first-order valence-corrected chi connectivity index (χ1v) is 8.99. The third-order valence-corrected chi connectivity index (χ3v) is 5.30. The molecular weight excluding hydrogens is 288 g/mol. The van der Waals surface area contributed by atoms with Gasteiger partial charge in [0.1, 0.15) is 0 Å². The lowest BCUT2D eigenvalue weighted by Gasteiger charge is -2.16. The number of aromatic nitrogens is 1. The smallest absolute Gasteiger partial charge is 0.0948 e. The maximum absolute atomic E-state index is 4.88. The Morgan fingerprint density at radius 2 is 2.09 bits per heavy atom. The molecule has 0 radical (unpaired) electrons. The zero-order valence-corrected chi connectivity index (χ0v) is 14.1. The predicted molar refractivity (Wildman–Crippen MR) is 95.7 cm³/mol. The molecular formula is C19H24N2S. The third kappa shape index (κ3) is 3.47. The second-order valence-corrected chi connectivity index (χ2v) is 7.23. The number of nitrogens with one attached hydrogen (secondary N) is 1. The summed E-state index contributed by atoms with van der Waals surface area (Å²) in [7, 11) is 0. The molecule has 0 saturated heterocycles. The number of hydrogen-bond acceptors (Lipinski definition) is 3. The van der Waals surface area contributed by atoms with Crippen LogP contribution in [0.3, 0.4) is 0 Å². The number of benzene rings is 1. The molecule has 0 aliphatic heterocycles. The summed E-state index contributed by atoms with van der Waals surface area (Å²) < 4.78 is 0. The fraction of sp³-hybridized carbons (Fsp3) is 0.421. The summed E-state index contributed by atoms with van der Waals surface area (Å²) in [4.78, 5) is 6.21. The number of fused-ring (bicyclic) bond motifs is 1. The summed E-state index contributed by atoms with van der Waals surface area (Å²) in [6.45, 7) is 7.73. The minimum atomic E-state index is 0.863. The zero-order valence-electron chi connectivity index (χ0n) is 13.3.